The summed E-state index contributed by atoms with van der Waals surface area (Å²) in [5, 5.41) is 3.53. The smallest absolute Gasteiger partial charge is 0.261 e. The minimum Gasteiger partial charge on any atom is -0.484 e. The van der Waals surface area contributed by atoms with Crippen molar-refractivity contribution in [3.8, 4) is 5.75 Å². The number of halogens is 1. The van der Waals surface area contributed by atoms with Crippen LogP contribution in [0.1, 0.15) is 59.6 Å². The first kappa shape index (κ1) is 25.7. The maximum atomic E-state index is 13.1. The lowest BCUT2D eigenvalue weighted by Crippen LogP contribution is -2.53. The van der Waals surface area contributed by atoms with Crippen molar-refractivity contribution in [1.82, 2.24) is 10.2 Å². The zero-order chi connectivity index (χ0) is 24.1. The van der Waals surface area contributed by atoms with Crippen molar-refractivity contribution in [2.45, 2.75) is 72.0 Å². The first-order chi connectivity index (χ1) is 14.8. The van der Waals surface area contributed by atoms with Crippen LogP contribution in [0.3, 0.4) is 0 Å². The molecule has 0 aliphatic rings. The van der Waals surface area contributed by atoms with Gasteiger partial charge in [0.2, 0.25) is 5.91 Å². The Bertz CT molecular complexity index is 927. The summed E-state index contributed by atoms with van der Waals surface area (Å²) in [6, 6.07) is 14.3. The average molecular weight is 459 g/mol. The third-order valence-electron chi connectivity index (χ3n) is 4.99. The van der Waals surface area contributed by atoms with Gasteiger partial charge >= 0.3 is 0 Å². The van der Waals surface area contributed by atoms with Crippen molar-refractivity contribution in [1.29, 1.82) is 0 Å². The van der Waals surface area contributed by atoms with Gasteiger partial charge < -0.3 is 15.0 Å². The second kappa shape index (κ2) is 10.4. The van der Waals surface area contributed by atoms with E-state index in [1.165, 1.54) is 10.5 Å². The van der Waals surface area contributed by atoms with Gasteiger partial charge in [0.05, 0.1) is 0 Å². The molecule has 0 spiro atoms. The Morgan fingerprint density at radius 3 is 2.19 bits per heavy atom. The van der Waals surface area contributed by atoms with Crippen molar-refractivity contribution in [3.05, 3.63) is 64.7 Å². The number of rotatable bonds is 7. The van der Waals surface area contributed by atoms with E-state index < -0.39 is 11.6 Å². The molecular formula is C26H35ClN2O3. The molecule has 0 saturated carbocycles. The highest BCUT2D eigenvalue weighted by molar-refractivity contribution is 6.30. The fraction of sp³-hybridized carbons (Fsp3) is 0.462. The zero-order valence-corrected chi connectivity index (χ0v) is 20.9. The fourth-order valence-electron chi connectivity index (χ4n) is 3.17. The van der Waals surface area contributed by atoms with Crippen LogP contribution in [0.4, 0.5) is 0 Å². The van der Waals surface area contributed by atoms with Crippen molar-refractivity contribution < 1.29 is 14.3 Å². The van der Waals surface area contributed by atoms with Gasteiger partial charge in [0.25, 0.3) is 5.91 Å². The molecule has 0 fully saturated rings. The van der Waals surface area contributed by atoms with E-state index in [4.69, 9.17) is 16.3 Å². The number of ether oxygens (including phenoxy) is 1. The van der Waals surface area contributed by atoms with Gasteiger partial charge in [-0.2, -0.15) is 0 Å². The Hall–Kier alpha value is -2.53. The van der Waals surface area contributed by atoms with Crippen molar-refractivity contribution in [2.24, 2.45) is 0 Å². The number of hydrogen-bond acceptors (Lipinski definition) is 3. The normalized spacial score (nSPS) is 12.8. The Balaban J connectivity index is 2.16. The van der Waals surface area contributed by atoms with Gasteiger partial charge in [0.1, 0.15) is 11.8 Å². The molecule has 0 saturated heterocycles. The quantitative estimate of drug-likeness (QED) is 0.608. The molecule has 0 aliphatic heterocycles. The molecule has 2 amide bonds. The summed E-state index contributed by atoms with van der Waals surface area (Å²) in [7, 11) is 0. The van der Waals surface area contributed by atoms with Crippen LogP contribution in [-0.4, -0.2) is 34.9 Å². The van der Waals surface area contributed by atoms with Gasteiger partial charge in [-0.05, 0) is 68.5 Å². The first-order valence-corrected chi connectivity index (χ1v) is 11.2. The monoisotopic (exact) mass is 458 g/mol. The largest absolute Gasteiger partial charge is 0.484 e. The van der Waals surface area contributed by atoms with Gasteiger partial charge in [-0.15, -0.1) is 0 Å². The first-order valence-electron chi connectivity index (χ1n) is 10.9. The molecule has 0 bridgehead atoms. The van der Waals surface area contributed by atoms with E-state index in [1.807, 2.05) is 57.2 Å². The Morgan fingerprint density at radius 1 is 1.03 bits per heavy atom. The summed E-state index contributed by atoms with van der Waals surface area (Å²) in [5.41, 5.74) is 1.67. The SMILES string of the molecule is CC(C(=O)NC(C)(C)C)N(Cc1cccc(Cl)c1)C(=O)COc1ccc(C(C)(C)C)cc1. The van der Waals surface area contributed by atoms with Crippen LogP contribution >= 0.6 is 11.6 Å². The molecule has 174 valence electrons. The third-order valence-corrected chi connectivity index (χ3v) is 5.23. The summed E-state index contributed by atoms with van der Waals surface area (Å²) >= 11 is 6.12. The van der Waals surface area contributed by atoms with E-state index in [1.54, 1.807) is 19.1 Å². The maximum Gasteiger partial charge on any atom is 0.261 e. The number of benzene rings is 2. The van der Waals surface area contributed by atoms with E-state index in [-0.39, 0.29) is 30.4 Å². The molecule has 5 nitrogen and oxygen atoms in total. The number of amides is 2. The minimum absolute atomic E-state index is 0.0396. The van der Waals surface area contributed by atoms with Crippen molar-refractivity contribution >= 4 is 23.4 Å². The van der Waals surface area contributed by atoms with Gasteiger partial charge in [-0.25, -0.2) is 0 Å². The molecule has 1 N–H and O–H groups in total. The van der Waals surface area contributed by atoms with Crippen LogP contribution in [0.25, 0.3) is 0 Å². The number of nitrogens with zero attached hydrogens (tertiary/aromatic N) is 1. The maximum absolute atomic E-state index is 13.1. The number of nitrogens with one attached hydrogen (secondary N) is 1. The predicted octanol–water partition coefficient (Wildman–Crippen LogP) is 5.35. The average Bonchev–Trinajstić information content (AvgIpc) is 2.68. The highest BCUT2D eigenvalue weighted by Crippen LogP contribution is 2.24. The highest BCUT2D eigenvalue weighted by Gasteiger charge is 2.28. The van der Waals surface area contributed by atoms with Crippen molar-refractivity contribution in [2.75, 3.05) is 6.61 Å². The molecule has 1 unspecified atom stereocenters. The molecule has 2 aromatic carbocycles. The molecule has 6 heteroatoms. The van der Waals surface area contributed by atoms with Crippen LogP contribution < -0.4 is 10.1 Å². The van der Waals surface area contributed by atoms with E-state index >= 15 is 0 Å². The predicted molar refractivity (Wildman–Crippen MR) is 130 cm³/mol. The van der Waals surface area contributed by atoms with E-state index in [9.17, 15) is 9.59 Å². The topological polar surface area (TPSA) is 58.6 Å². The summed E-state index contributed by atoms with van der Waals surface area (Å²) in [6.45, 7) is 14.0. The van der Waals surface area contributed by atoms with E-state index in [0.717, 1.165) is 5.56 Å². The standard InChI is InChI=1S/C26H35ClN2O3/c1-18(24(31)28-26(5,6)7)29(16-19-9-8-10-21(27)15-19)23(30)17-32-22-13-11-20(12-14-22)25(2,3)4/h8-15,18H,16-17H2,1-7H3,(H,28,31). The summed E-state index contributed by atoms with van der Waals surface area (Å²) in [6.07, 6.45) is 0. The molecule has 2 rings (SSSR count). The lowest BCUT2D eigenvalue weighted by Gasteiger charge is -2.31. The molecular weight excluding hydrogens is 424 g/mol. The minimum atomic E-state index is -0.674. The molecule has 0 radical (unpaired) electrons. The van der Waals surface area contributed by atoms with E-state index in [2.05, 4.69) is 26.1 Å². The second-order valence-corrected chi connectivity index (χ2v) is 10.6. The second-order valence-electron chi connectivity index (χ2n) is 10.1. The Labute approximate surface area is 197 Å². The lowest BCUT2D eigenvalue weighted by molar-refractivity contribution is -0.142. The fourth-order valence-corrected chi connectivity index (χ4v) is 3.38. The van der Waals surface area contributed by atoms with Crippen LogP contribution in [0.5, 0.6) is 5.75 Å². The number of carbonyl (C=O) groups excluding carboxylic acids is 2. The molecule has 0 heterocycles. The molecule has 0 aromatic heterocycles. The zero-order valence-electron chi connectivity index (χ0n) is 20.2. The molecule has 1 atom stereocenters. The van der Waals surface area contributed by atoms with Gasteiger partial charge in [-0.1, -0.05) is 56.6 Å². The lowest BCUT2D eigenvalue weighted by atomic mass is 9.87. The van der Waals surface area contributed by atoms with Gasteiger partial charge in [-0.3, -0.25) is 9.59 Å². The number of carbonyl (C=O) groups is 2. The summed E-state index contributed by atoms with van der Waals surface area (Å²) in [5.74, 6) is 0.115. The summed E-state index contributed by atoms with van der Waals surface area (Å²) < 4.78 is 5.76. The van der Waals surface area contributed by atoms with Gasteiger partial charge in [0, 0.05) is 17.1 Å². The molecule has 32 heavy (non-hydrogen) atoms. The van der Waals surface area contributed by atoms with E-state index in [0.29, 0.717) is 10.8 Å². The molecule has 0 aliphatic carbocycles. The number of hydrogen-bond donors (Lipinski definition) is 1. The van der Waals surface area contributed by atoms with Crippen LogP contribution in [0.15, 0.2) is 48.5 Å². The Morgan fingerprint density at radius 2 is 1.66 bits per heavy atom. The molecule has 2 aromatic rings. The highest BCUT2D eigenvalue weighted by atomic mass is 35.5. The Kier molecular flexibility index (Phi) is 8.35. The summed E-state index contributed by atoms with van der Waals surface area (Å²) in [4.78, 5) is 27.5. The van der Waals surface area contributed by atoms with Crippen molar-refractivity contribution in [3.63, 3.8) is 0 Å². The van der Waals surface area contributed by atoms with Crippen LogP contribution in [0, 0.1) is 0 Å². The third kappa shape index (κ3) is 7.86. The van der Waals surface area contributed by atoms with Crippen LogP contribution in [-0.2, 0) is 21.5 Å². The van der Waals surface area contributed by atoms with Gasteiger partial charge in [0.15, 0.2) is 6.61 Å². The van der Waals surface area contributed by atoms with Crippen LogP contribution in [0.2, 0.25) is 5.02 Å².